The van der Waals surface area contributed by atoms with Crippen molar-refractivity contribution in [3.63, 3.8) is 0 Å². The minimum atomic E-state index is 0.103. The van der Waals surface area contributed by atoms with Crippen LogP contribution in [0.2, 0.25) is 0 Å². The summed E-state index contributed by atoms with van der Waals surface area (Å²) in [6.45, 7) is 4.13. The number of para-hydroxylation sites is 1. The Morgan fingerprint density at radius 2 is 2.11 bits per heavy atom. The van der Waals surface area contributed by atoms with Crippen molar-refractivity contribution in [1.29, 1.82) is 0 Å². The molecule has 0 spiro atoms. The summed E-state index contributed by atoms with van der Waals surface area (Å²) in [4.78, 5) is 13.8. The molecule has 0 aromatic heterocycles. The summed E-state index contributed by atoms with van der Waals surface area (Å²) in [5, 5.41) is 2.87. The van der Waals surface area contributed by atoms with Gasteiger partial charge in [-0.25, -0.2) is 0 Å². The maximum atomic E-state index is 11.6. The molecule has 4 nitrogen and oxygen atoms in total. The third-order valence-electron chi connectivity index (χ3n) is 4.48. The zero-order chi connectivity index (χ0) is 13.5. The van der Waals surface area contributed by atoms with Crippen LogP contribution >= 0.6 is 0 Å². The van der Waals surface area contributed by atoms with Crippen molar-refractivity contribution >= 4 is 11.6 Å². The van der Waals surface area contributed by atoms with E-state index in [1.807, 2.05) is 6.07 Å². The first-order chi connectivity index (χ1) is 9.13. The molecule has 19 heavy (non-hydrogen) atoms. The quantitative estimate of drug-likeness (QED) is 0.851. The lowest BCUT2D eigenvalue weighted by Gasteiger charge is -2.33. The van der Waals surface area contributed by atoms with Gasteiger partial charge in [0.2, 0.25) is 5.91 Å². The topological polar surface area (TPSA) is 58.4 Å². The van der Waals surface area contributed by atoms with Crippen molar-refractivity contribution in [3.8, 4) is 0 Å². The highest BCUT2D eigenvalue weighted by Crippen LogP contribution is 2.53. The van der Waals surface area contributed by atoms with Crippen LogP contribution in [0, 0.1) is 0 Å². The van der Waals surface area contributed by atoms with Gasteiger partial charge in [-0.2, -0.15) is 0 Å². The molecule has 3 rings (SSSR count). The van der Waals surface area contributed by atoms with Crippen molar-refractivity contribution in [3.05, 3.63) is 29.8 Å². The zero-order valence-corrected chi connectivity index (χ0v) is 11.4. The highest BCUT2D eigenvalue weighted by molar-refractivity contribution is 5.83. The maximum absolute atomic E-state index is 11.6. The number of benzene rings is 1. The Hall–Kier alpha value is -1.55. The smallest absolute Gasteiger partial charge is 0.239 e. The summed E-state index contributed by atoms with van der Waals surface area (Å²) >= 11 is 0. The van der Waals surface area contributed by atoms with Crippen LogP contribution in [0.3, 0.4) is 0 Å². The van der Waals surface area contributed by atoms with E-state index >= 15 is 0 Å². The van der Waals surface area contributed by atoms with E-state index < -0.39 is 0 Å². The van der Waals surface area contributed by atoms with E-state index in [1.54, 1.807) is 0 Å². The van der Waals surface area contributed by atoms with Gasteiger partial charge in [0.15, 0.2) is 0 Å². The number of nitrogens with one attached hydrogen (secondary N) is 1. The summed E-state index contributed by atoms with van der Waals surface area (Å²) in [7, 11) is 0. The van der Waals surface area contributed by atoms with Crippen molar-refractivity contribution in [2.75, 3.05) is 24.5 Å². The number of nitrogens with two attached hydrogens (primary N) is 1. The van der Waals surface area contributed by atoms with Crippen LogP contribution in [0.5, 0.6) is 0 Å². The fourth-order valence-corrected chi connectivity index (χ4v) is 3.12. The van der Waals surface area contributed by atoms with Gasteiger partial charge >= 0.3 is 0 Å². The maximum Gasteiger partial charge on any atom is 0.239 e. The summed E-state index contributed by atoms with van der Waals surface area (Å²) in [6.07, 6.45) is 2.31. The molecule has 1 aromatic rings. The van der Waals surface area contributed by atoms with E-state index in [-0.39, 0.29) is 17.4 Å². The number of nitrogens with zero attached hydrogens (tertiary/aromatic N) is 1. The van der Waals surface area contributed by atoms with Crippen molar-refractivity contribution in [2.24, 2.45) is 5.73 Å². The number of carbonyl (C=O) groups excluding carboxylic acids is 1. The molecule has 102 valence electrons. The van der Waals surface area contributed by atoms with Crippen LogP contribution < -0.4 is 16.0 Å². The standard InChI is InChI=1S/C15H21N3O/c1-11(16)15(6-7-15)12-4-2-3-5-13(12)18-9-8-17-14(19)10-18/h2-5,11H,6-10,16H2,1H3,(H,17,19). The van der Waals surface area contributed by atoms with E-state index in [0.717, 1.165) is 25.9 Å². The van der Waals surface area contributed by atoms with Crippen molar-refractivity contribution in [1.82, 2.24) is 5.32 Å². The molecule has 1 saturated carbocycles. The molecule has 1 aliphatic carbocycles. The molecule has 2 fully saturated rings. The van der Waals surface area contributed by atoms with Gasteiger partial charge in [0.05, 0.1) is 6.54 Å². The lowest BCUT2D eigenvalue weighted by Crippen LogP contribution is -2.48. The van der Waals surface area contributed by atoms with E-state index in [9.17, 15) is 4.79 Å². The molecule has 2 aliphatic rings. The Bertz CT molecular complexity index is 494. The number of carbonyl (C=O) groups is 1. The van der Waals surface area contributed by atoms with E-state index in [4.69, 9.17) is 5.73 Å². The fraction of sp³-hybridized carbons (Fsp3) is 0.533. The molecule has 4 heteroatoms. The molecule has 1 atom stereocenters. The third kappa shape index (κ3) is 2.10. The van der Waals surface area contributed by atoms with Gasteiger partial charge < -0.3 is 16.0 Å². The van der Waals surface area contributed by atoms with Gasteiger partial charge in [0, 0.05) is 30.2 Å². The number of piperazine rings is 1. The highest BCUT2D eigenvalue weighted by Gasteiger charge is 2.49. The Morgan fingerprint density at radius 3 is 2.74 bits per heavy atom. The second-order valence-electron chi connectivity index (χ2n) is 5.73. The van der Waals surface area contributed by atoms with Crippen LogP contribution in [-0.2, 0) is 10.2 Å². The molecule has 1 heterocycles. The number of hydrogen-bond donors (Lipinski definition) is 2. The van der Waals surface area contributed by atoms with E-state index in [0.29, 0.717) is 6.54 Å². The van der Waals surface area contributed by atoms with Crippen LogP contribution in [-0.4, -0.2) is 31.6 Å². The average Bonchev–Trinajstić information content (AvgIpc) is 3.20. The monoisotopic (exact) mass is 259 g/mol. The van der Waals surface area contributed by atoms with E-state index in [2.05, 4.69) is 35.3 Å². The molecule has 0 bridgehead atoms. The summed E-state index contributed by atoms with van der Waals surface area (Å²) in [5.41, 5.74) is 8.83. The first-order valence-corrected chi connectivity index (χ1v) is 7.00. The molecular weight excluding hydrogens is 238 g/mol. The van der Waals surface area contributed by atoms with Crippen molar-refractivity contribution < 1.29 is 4.79 Å². The molecule has 1 saturated heterocycles. The molecule has 0 radical (unpaired) electrons. The largest absolute Gasteiger partial charge is 0.360 e. The molecule has 1 aromatic carbocycles. The highest BCUT2D eigenvalue weighted by atomic mass is 16.2. The van der Waals surface area contributed by atoms with Gasteiger partial charge in [-0.1, -0.05) is 18.2 Å². The van der Waals surface area contributed by atoms with E-state index in [1.165, 1.54) is 11.3 Å². The lowest BCUT2D eigenvalue weighted by atomic mass is 9.87. The van der Waals surface area contributed by atoms with Crippen LogP contribution in [0.25, 0.3) is 0 Å². The predicted molar refractivity (Wildman–Crippen MR) is 76.2 cm³/mol. The van der Waals surface area contributed by atoms with Crippen molar-refractivity contribution in [2.45, 2.75) is 31.2 Å². The second kappa shape index (κ2) is 4.53. The van der Waals surface area contributed by atoms with Gasteiger partial charge in [-0.3, -0.25) is 4.79 Å². The summed E-state index contributed by atoms with van der Waals surface area (Å²) < 4.78 is 0. The van der Waals surface area contributed by atoms with Gasteiger partial charge in [-0.15, -0.1) is 0 Å². The lowest BCUT2D eigenvalue weighted by molar-refractivity contribution is -0.120. The van der Waals surface area contributed by atoms with Gasteiger partial charge in [-0.05, 0) is 31.4 Å². The zero-order valence-electron chi connectivity index (χ0n) is 11.4. The van der Waals surface area contributed by atoms with Crippen LogP contribution in [0.15, 0.2) is 24.3 Å². The number of hydrogen-bond acceptors (Lipinski definition) is 3. The first-order valence-electron chi connectivity index (χ1n) is 7.00. The van der Waals surface area contributed by atoms with Gasteiger partial charge in [0.1, 0.15) is 0 Å². The SMILES string of the molecule is CC(N)C1(c2ccccc2N2CCNC(=O)C2)CC1. The Balaban J connectivity index is 1.96. The second-order valence-corrected chi connectivity index (χ2v) is 5.73. The molecule has 1 amide bonds. The predicted octanol–water partition coefficient (Wildman–Crippen LogP) is 1.00. The van der Waals surface area contributed by atoms with Crippen LogP contribution in [0.4, 0.5) is 5.69 Å². The summed E-state index contributed by atoms with van der Waals surface area (Å²) in [5.74, 6) is 0.103. The minimum Gasteiger partial charge on any atom is -0.360 e. The fourth-order valence-electron chi connectivity index (χ4n) is 3.12. The Morgan fingerprint density at radius 1 is 1.37 bits per heavy atom. The van der Waals surface area contributed by atoms with Gasteiger partial charge in [0.25, 0.3) is 0 Å². The third-order valence-corrected chi connectivity index (χ3v) is 4.48. The van der Waals surface area contributed by atoms with Crippen LogP contribution in [0.1, 0.15) is 25.3 Å². The number of anilines is 1. The normalized spacial score (nSPS) is 22.8. The first kappa shape index (κ1) is 12.5. The number of amides is 1. The number of rotatable bonds is 3. The molecule has 1 unspecified atom stereocenters. The Labute approximate surface area is 114 Å². The molecular formula is C15H21N3O. The average molecular weight is 259 g/mol. The summed E-state index contributed by atoms with van der Waals surface area (Å²) in [6, 6.07) is 8.58. The molecule has 3 N–H and O–H groups in total. The Kier molecular flexibility index (Phi) is 2.97. The molecule has 1 aliphatic heterocycles. The minimum absolute atomic E-state index is 0.103.